The van der Waals surface area contributed by atoms with Gasteiger partial charge in [-0.05, 0) is 60.5 Å². The lowest BCUT2D eigenvalue weighted by atomic mass is 9.95. The summed E-state index contributed by atoms with van der Waals surface area (Å²) in [6.45, 7) is 1.78. The fourth-order valence-corrected chi connectivity index (χ4v) is 5.95. The van der Waals surface area contributed by atoms with Crippen LogP contribution in [0.3, 0.4) is 0 Å². The zero-order chi connectivity index (χ0) is 28.4. The van der Waals surface area contributed by atoms with Crippen molar-refractivity contribution in [2.45, 2.75) is 13.0 Å². The van der Waals surface area contributed by atoms with E-state index < -0.39 is 6.04 Å². The lowest BCUT2D eigenvalue weighted by Crippen LogP contribution is -2.40. The second-order valence-corrected chi connectivity index (χ2v) is 10.3. The van der Waals surface area contributed by atoms with Gasteiger partial charge < -0.3 is 19.5 Å². The van der Waals surface area contributed by atoms with Gasteiger partial charge in [0.15, 0.2) is 16.3 Å². The monoisotopic (exact) mass is 575 g/mol. The normalized spacial score (nSPS) is 14.8. The number of aromatic nitrogens is 1. The van der Waals surface area contributed by atoms with E-state index in [1.165, 1.54) is 25.6 Å². The third kappa shape index (κ3) is 5.13. The van der Waals surface area contributed by atoms with Crippen molar-refractivity contribution < 1.29 is 19.0 Å². The Kier molecular flexibility index (Phi) is 7.77. The quantitative estimate of drug-likeness (QED) is 0.349. The van der Waals surface area contributed by atoms with E-state index in [0.717, 1.165) is 5.56 Å². The third-order valence-electron chi connectivity index (χ3n) is 6.48. The second kappa shape index (κ2) is 11.4. The molecule has 1 amide bonds. The first-order chi connectivity index (χ1) is 19.3. The van der Waals surface area contributed by atoms with E-state index in [4.69, 9.17) is 25.8 Å². The molecule has 1 atom stereocenters. The molecule has 0 radical (unpaired) electrons. The van der Waals surface area contributed by atoms with E-state index >= 15 is 0 Å². The first kappa shape index (κ1) is 27.2. The number of thiazole rings is 1. The van der Waals surface area contributed by atoms with Crippen LogP contribution in [0.4, 0.5) is 5.69 Å². The van der Waals surface area contributed by atoms with E-state index in [1.807, 2.05) is 30.3 Å². The van der Waals surface area contributed by atoms with E-state index in [2.05, 4.69) is 10.3 Å². The summed E-state index contributed by atoms with van der Waals surface area (Å²) in [5.74, 6) is 1.18. The standard InChI is InChI=1S/C30H26ClN3O5S/c1-17-25(28(35)33-20-8-6-5-7-9-20)26(19-10-12-21(37-2)13-11-19)34-29(36)24(40-30(34)32-17)16-18-14-22(31)27(39-4)23(15-18)38-3/h5-16,26H,1-4H3,(H,33,35)/b24-16+. The first-order valence-electron chi connectivity index (χ1n) is 12.3. The minimum atomic E-state index is -0.706. The average Bonchev–Trinajstić information content (AvgIpc) is 3.26. The second-order valence-electron chi connectivity index (χ2n) is 8.91. The molecular weight excluding hydrogens is 550 g/mol. The molecule has 1 N–H and O–H groups in total. The maximum atomic E-state index is 13.9. The number of ether oxygens (including phenoxy) is 3. The molecule has 1 aliphatic heterocycles. The molecular formula is C30H26ClN3O5S. The SMILES string of the molecule is COc1ccc(C2C(C(=O)Nc3ccccc3)=C(C)N=c3s/c(=C/c4cc(Cl)c(OC)c(OC)c4)c(=O)n32)cc1. The molecule has 5 rings (SSSR count). The Hall–Kier alpha value is -4.34. The number of fused-ring (bicyclic) bond motifs is 1. The highest BCUT2D eigenvalue weighted by molar-refractivity contribution is 7.07. The number of anilines is 1. The van der Waals surface area contributed by atoms with Gasteiger partial charge in [0.05, 0.1) is 48.2 Å². The summed E-state index contributed by atoms with van der Waals surface area (Å²) in [4.78, 5) is 32.8. The number of hydrogen-bond donors (Lipinski definition) is 1. The van der Waals surface area contributed by atoms with Crippen molar-refractivity contribution in [2.75, 3.05) is 26.6 Å². The number of hydrogen-bond acceptors (Lipinski definition) is 7. The number of amides is 1. The van der Waals surface area contributed by atoms with Gasteiger partial charge in [-0.3, -0.25) is 14.2 Å². The Morgan fingerprint density at radius 2 is 1.75 bits per heavy atom. The summed E-state index contributed by atoms with van der Waals surface area (Å²) in [5.41, 5.74) is 2.66. The lowest BCUT2D eigenvalue weighted by Gasteiger charge is -2.25. The van der Waals surface area contributed by atoms with Gasteiger partial charge in [-0.1, -0.05) is 53.3 Å². The zero-order valence-corrected chi connectivity index (χ0v) is 23.8. The van der Waals surface area contributed by atoms with Crippen LogP contribution in [0.5, 0.6) is 17.2 Å². The van der Waals surface area contributed by atoms with Crippen molar-refractivity contribution in [3.8, 4) is 17.2 Å². The molecule has 8 nitrogen and oxygen atoms in total. The van der Waals surface area contributed by atoms with Gasteiger partial charge in [0.25, 0.3) is 11.5 Å². The summed E-state index contributed by atoms with van der Waals surface area (Å²) < 4.78 is 18.1. The molecule has 4 aromatic rings. The smallest absolute Gasteiger partial charge is 0.271 e. The molecule has 2 heterocycles. The van der Waals surface area contributed by atoms with Gasteiger partial charge in [0.1, 0.15) is 5.75 Å². The summed E-state index contributed by atoms with van der Waals surface area (Å²) in [6.07, 6.45) is 1.73. The number of carbonyl (C=O) groups is 1. The summed E-state index contributed by atoms with van der Waals surface area (Å²) >= 11 is 7.64. The Morgan fingerprint density at radius 3 is 2.40 bits per heavy atom. The maximum absolute atomic E-state index is 13.9. The van der Waals surface area contributed by atoms with Crippen LogP contribution in [-0.2, 0) is 4.79 Å². The van der Waals surface area contributed by atoms with Crippen LogP contribution >= 0.6 is 22.9 Å². The minimum Gasteiger partial charge on any atom is -0.497 e. The number of carbonyl (C=O) groups excluding carboxylic acids is 1. The molecule has 3 aromatic carbocycles. The summed E-state index contributed by atoms with van der Waals surface area (Å²) in [7, 11) is 4.61. The predicted molar refractivity (Wildman–Crippen MR) is 156 cm³/mol. The molecule has 1 unspecified atom stereocenters. The molecule has 0 fully saturated rings. The van der Waals surface area contributed by atoms with Crippen molar-refractivity contribution in [1.82, 2.24) is 4.57 Å². The third-order valence-corrected chi connectivity index (χ3v) is 7.75. The number of nitrogens with one attached hydrogen (secondary N) is 1. The van der Waals surface area contributed by atoms with Crippen molar-refractivity contribution in [2.24, 2.45) is 4.99 Å². The van der Waals surface area contributed by atoms with Crippen LogP contribution in [-0.4, -0.2) is 31.8 Å². The predicted octanol–water partition coefficient (Wildman–Crippen LogP) is 4.55. The number of benzene rings is 3. The van der Waals surface area contributed by atoms with Gasteiger partial charge in [0.2, 0.25) is 0 Å². The molecule has 0 spiro atoms. The Labute approximate surface area is 239 Å². The van der Waals surface area contributed by atoms with Crippen LogP contribution in [0.1, 0.15) is 24.1 Å². The fraction of sp³-hybridized carbons (Fsp3) is 0.167. The van der Waals surface area contributed by atoms with Crippen LogP contribution in [0.2, 0.25) is 5.02 Å². The van der Waals surface area contributed by atoms with Gasteiger partial charge in [-0.25, -0.2) is 4.99 Å². The molecule has 0 bridgehead atoms. The van der Waals surface area contributed by atoms with Crippen LogP contribution in [0.25, 0.3) is 6.08 Å². The van der Waals surface area contributed by atoms with Gasteiger partial charge in [-0.15, -0.1) is 0 Å². The Morgan fingerprint density at radius 1 is 1.02 bits per heavy atom. The molecule has 1 aliphatic rings. The number of allylic oxidation sites excluding steroid dienone is 1. The first-order valence-corrected chi connectivity index (χ1v) is 13.5. The van der Waals surface area contributed by atoms with E-state index in [1.54, 1.807) is 61.1 Å². The topological polar surface area (TPSA) is 91.2 Å². The maximum Gasteiger partial charge on any atom is 0.271 e. The van der Waals surface area contributed by atoms with Gasteiger partial charge in [-0.2, -0.15) is 0 Å². The van der Waals surface area contributed by atoms with E-state index in [9.17, 15) is 9.59 Å². The van der Waals surface area contributed by atoms with Crippen molar-refractivity contribution in [1.29, 1.82) is 0 Å². The Bertz CT molecular complexity index is 1790. The number of methoxy groups -OCH3 is 3. The van der Waals surface area contributed by atoms with Crippen LogP contribution in [0, 0.1) is 0 Å². The largest absolute Gasteiger partial charge is 0.497 e. The lowest BCUT2D eigenvalue weighted by molar-refractivity contribution is -0.113. The fourth-order valence-electron chi connectivity index (χ4n) is 4.61. The van der Waals surface area contributed by atoms with Gasteiger partial charge in [0, 0.05) is 5.69 Å². The molecule has 1 aromatic heterocycles. The van der Waals surface area contributed by atoms with Crippen molar-refractivity contribution in [3.05, 3.63) is 114 Å². The average molecular weight is 576 g/mol. The molecule has 0 saturated heterocycles. The number of halogens is 1. The van der Waals surface area contributed by atoms with Crippen LogP contribution < -0.4 is 34.4 Å². The number of rotatable bonds is 7. The number of nitrogens with zero attached hydrogens (tertiary/aromatic N) is 2. The summed E-state index contributed by atoms with van der Waals surface area (Å²) in [6, 6.07) is 19.2. The highest BCUT2D eigenvalue weighted by Crippen LogP contribution is 2.36. The molecule has 204 valence electrons. The molecule has 0 aliphatic carbocycles. The van der Waals surface area contributed by atoms with Crippen molar-refractivity contribution >= 4 is 40.6 Å². The molecule has 40 heavy (non-hydrogen) atoms. The zero-order valence-electron chi connectivity index (χ0n) is 22.2. The van der Waals surface area contributed by atoms with Gasteiger partial charge >= 0.3 is 0 Å². The van der Waals surface area contributed by atoms with Crippen LogP contribution in [0.15, 0.2) is 87.8 Å². The Balaban J connectivity index is 1.67. The summed E-state index contributed by atoms with van der Waals surface area (Å²) in [5, 5.41) is 3.30. The molecule has 0 saturated carbocycles. The number of para-hydroxylation sites is 1. The minimum absolute atomic E-state index is 0.284. The van der Waals surface area contributed by atoms with Crippen molar-refractivity contribution in [3.63, 3.8) is 0 Å². The van der Waals surface area contributed by atoms with E-state index in [-0.39, 0.29) is 11.5 Å². The highest BCUT2D eigenvalue weighted by Gasteiger charge is 2.32. The highest BCUT2D eigenvalue weighted by atomic mass is 35.5. The molecule has 10 heteroatoms. The van der Waals surface area contributed by atoms with E-state index in [0.29, 0.717) is 54.1 Å².